The van der Waals surface area contributed by atoms with E-state index in [1.807, 2.05) is 0 Å². The lowest BCUT2D eigenvalue weighted by atomic mass is 9.96. The lowest BCUT2D eigenvalue weighted by molar-refractivity contribution is -0.139. The van der Waals surface area contributed by atoms with Crippen molar-refractivity contribution in [2.24, 2.45) is 5.92 Å². The molecule has 0 amide bonds. The SMILES string of the molecule is O=C(O)CC(O)CN1CCC(CN2CCCC2)CC1. The van der Waals surface area contributed by atoms with Gasteiger partial charge in [-0.1, -0.05) is 0 Å². The third-order valence-corrected chi connectivity index (χ3v) is 4.30. The molecular weight excluding hydrogens is 244 g/mol. The Hall–Kier alpha value is -0.650. The van der Waals surface area contributed by atoms with E-state index < -0.39 is 12.1 Å². The third-order valence-electron chi connectivity index (χ3n) is 4.30. The summed E-state index contributed by atoms with van der Waals surface area (Å²) in [6, 6.07) is 0. The summed E-state index contributed by atoms with van der Waals surface area (Å²) < 4.78 is 0. The maximum absolute atomic E-state index is 10.5. The van der Waals surface area contributed by atoms with E-state index in [0.29, 0.717) is 6.54 Å². The molecule has 5 heteroatoms. The van der Waals surface area contributed by atoms with Crippen LogP contribution in [-0.2, 0) is 4.79 Å². The minimum Gasteiger partial charge on any atom is -0.481 e. The van der Waals surface area contributed by atoms with Gasteiger partial charge >= 0.3 is 5.97 Å². The molecule has 0 aromatic heterocycles. The van der Waals surface area contributed by atoms with Crippen LogP contribution >= 0.6 is 0 Å². The molecule has 2 heterocycles. The van der Waals surface area contributed by atoms with Gasteiger partial charge in [0, 0.05) is 13.1 Å². The molecule has 0 aliphatic carbocycles. The molecule has 0 saturated carbocycles. The van der Waals surface area contributed by atoms with Gasteiger partial charge in [0.25, 0.3) is 0 Å². The highest BCUT2D eigenvalue weighted by Crippen LogP contribution is 2.20. The van der Waals surface area contributed by atoms with Crippen molar-refractivity contribution in [3.8, 4) is 0 Å². The molecular formula is C14H26N2O3. The average Bonchev–Trinajstić information content (AvgIpc) is 2.83. The smallest absolute Gasteiger partial charge is 0.306 e. The molecule has 2 aliphatic rings. The molecule has 2 rings (SSSR count). The van der Waals surface area contributed by atoms with Crippen molar-refractivity contribution in [1.82, 2.24) is 9.80 Å². The zero-order valence-corrected chi connectivity index (χ0v) is 11.6. The predicted molar refractivity (Wildman–Crippen MR) is 73.1 cm³/mol. The van der Waals surface area contributed by atoms with Crippen molar-refractivity contribution < 1.29 is 15.0 Å². The van der Waals surface area contributed by atoms with Crippen LogP contribution in [0.3, 0.4) is 0 Å². The molecule has 1 atom stereocenters. The Morgan fingerprint density at radius 3 is 2.32 bits per heavy atom. The third kappa shape index (κ3) is 5.09. The van der Waals surface area contributed by atoms with Crippen molar-refractivity contribution in [1.29, 1.82) is 0 Å². The molecule has 0 bridgehead atoms. The number of aliphatic hydroxyl groups excluding tert-OH is 1. The molecule has 2 saturated heterocycles. The summed E-state index contributed by atoms with van der Waals surface area (Å²) in [6.45, 7) is 6.24. The highest BCUT2D eigenvalue weighted by molar-refractivity contribution is 5.67. The van der Waals surface area contributed by atoms with Gasteiger partial charge in [-0.05, 0) is 57.8 Å². The zero-order chi connectivity index (χ0) is 13.7. The van der Waals surface area contributed by atoms with Crippen LogP contribution in [0.25, 0.3) is 0 Å². The van der Waals surface area contributed by atoms with E-state index in [1.165, 1.54) is 45.3 Å². The number of hydrogen-bond donors (Lipinski definition) is 2. The van der Waals surface area contributed by atoms with Crippen molar-refractivity contribution in [2.45, 2.75) is 38.2 Å². The first-order valence-corrected chi connectivity index (χ1v) is 7.48. The van der Waals surface area contributed by atoms with E-state index in [-0.39, 0.29) is 6.42 Å². The van der Waals surface area contributed by atoms with Crippen LogP contribution in [0, 0.1) is 5.92 Å². The standard InChI is InChI=1S/C14H26N2O3/c17-13(9-14(18)19)11-16-7-3-12(4-8-16)10-15-5-1-2-6-15/h12-13,17H,1-11H2,(H,18,19). The molecule has 1 unspecified atom stereocenters. The van der Waals surface area contributed by atoms with Crippen LogP contribution < -0.4 is 0 Å². The second-order valence-corrected chi connectivity index (χ2v) is 6.00. The highest BCUT2D eigenvalue weighted by atomic mass is 16.4. The molecule has 2 fully saturated rings. The van der Waals surface area contributed by atoms with E-state index in [9.17, 15) is 9.90 Å². The molecule has 19 heavy (non-hydrogen) atoms. The predicted octanol–water partition coefficient (Wildman–Crippen LogP) is 0.630. The number of hydrogen-bond acceptors (Lipinski definition) is 4. The van der Waals surface area contributed by atoms with Gasteiger partial charge in [0.1, 0.15) is 0 Å². The molecule has 2 N–H and O–H groups in total. The lowest BCUT2D eigenvalue weighted by Crippen LogP contribution is -2.41. The summed E-state index contributed by atoms with van der Waals surface area (Å²) in [6.07, 6.45) is 4.17. The van der Waals surface area contributed by atoms with Gasteiger partial charge in [-0.3, -0.25) is 4.79 Å². The van der Waals surface area contributed by atoms with Crippen molar-refractivity contribution in [3.05, 3.63) is 0 Å². The van der Waals surface area contributed by atoms with Gasteiger partial charge in [-0.25, -0.2) is 0 Å². The number of likely N-dealkylation sites (tertiary alicyclic amines) is 2. The zero-order valence-electron chi connectivity index (χ0n) is 11.6. The van der Waals surface area contributed by atoms with Crippen LogP contribution in [0.4, 0.5) is 0 Å². The Labute approximate surface area is 115 Å². The van der Waals surface area contributed by atoms with Gasteiger partial charge in [-0.2, -0.15) is 0 Å². The summed E-state index contributed by atoms with van der Waals surface area (Å²) in [5.74, 6) is -0.137. The van der Waals surface area contributed by atoms with E-state index in [1.54, 1.807) is 0 Å². The van der Waals surface area contributed by atoms with E-state index in [0.717, 1.165) is 19.0 Å². The van der Waals surface area contributed by atoms with E-state index >= 15 is 0 Å². The summed E-state index contributed by atoms with van der Waals surface area (Å²) in [4.78, 5) is 15.3. The minimum atomic E-state index is -0.920. The number of β-amino-alcohol motifs (C(OH)–C–C–N with tert-alkyl or cyclic N) is 1. The van der Waals surface area contributed by atoms with Crippen molar-refractivity contribution in [2.75, 3.05) is 39.3 Å². The Morgan fingerprint density at radius 2 is 1.74 bits per heavy atom. The minimum absolute atomic E-state index is 0.145. The fraction of sp³-hybridized carbons (Fsp3) is 0.929. The van der Waals surface area contributed by atoms with E-state index in [4.69, 9.17) is 5.11 Å². The number of carboxylic acids is 1. The Balaban J connectivity index is 1.63. The number of aliphatic carboxylic acids is 1. The summed E-state index contributed by atoms with van der Waals surface area (Å²) in [7, 11) is 0. The van der Waals surface area contributed by atoms with Gasteiger partial charge in [0.2, 0.25) is 0 Å². The van der Waals surface area contributed by atoms with Gasteiger partial charge in [0.15, 0.2) is 0 Å². The van der Waals surface area contributed by atoms with Crippen LogP contribution in [-0.4, -0.2) is 71.4 Å². The molecule has 2 aliphatic heterocycles. The summed E-state index contributed by atoms with van der Waals surface area (Å²) in [5, 5.41) is 18.3. The normalized spacial score (nSPS) is 24.7. The second kappa shape index (κ2) is 7.22. The molecule has 0 aromatic carbocycles. The number of carbonyl (C=O) groups is 1. The van der Waals surface area contributed by atoms with E-state index in [2.05, 4.69) is 9.80 Å². The fourth-order valence-electron chi connectivity index (χ4n) is 3.25. The maximum Gasteiger partial charge on any atom is 0.306 e. The Bertz CT molecular complexity index is 284. The van der Waals surface area contributed by atoms with Crippen LogP contribution in [0.15, 0.2) is 0 Å². The topological polar surface area (TPSA) is 64.0 Å². The van der Waals surface area contributed by atoms with Gasteiger partial charge < -0.3 is 20.0 Å². The monoisotopic (exact) mass is 270 g/mol. The Morgan fingerprint density at radius 1 is 1.11 bits per heavy atom. The van der Waals surface area contributed by atoms with Gasteiger partial charge in [-0.15, -0.1) is 0 Å². The number of carboxylic acid groups (broad SMARTS) is 1. The average molecular weight is 270 g/mol. The lowest BCUT2D eigenvalue weighted by Gasteiger charge is -2.34. The van der Waals surface area contributed by atoms with Crippen LogP contribution in [0.2, 0.25) is 0 Å². The maximum atomic E-state index is 10.5. The first-order chi connectivity index (χ1) is 9.13. The molecule has 5 nitrogen and oxygen atoms in total. The molecule has 0 radical (unpaired) electrons. The second-order valence-electron chi connectivity index (χ2n) is 6.00. The fourth-order valence-corrected chi connectivity index (χ4v) is 3.25. The van der Waals surface area contributed by atoms with Gasteiger partial charge in [0.05, 0.1) is 12.5 Å². The molecule has 0 aromatic rings. The molecule has 0 spiro atoms. The first-order valence-electron chi connectivity index (χ1n) is 7.48. The van der Waals surface area contributed by atoms with Crippen molar-refractivity contribution >= 4 is 5.97 Å². The summed E-state index contributed by atoms with van der Waals surface area (Å²) in [5.41, 5.74) is 0. The van der Waals surface area contributed by atoms with Crippen LogP contribution in [0.1, 0.15) is 32.1 Å². The largest absolute Gasteiger partial charge is 0.481 e. The first kappa shape index (κ1) is 14.8. The van der Waals surface area contributed by atoms with Crippen LogP contribution in [0.5, 0.6) is 0 Å². The number of piperidine rings is 1. The summed E-state index contributed by atoms with van der Waals surface area (Å²) >= 11 is 0. The molecule has 110 valence electrons. The quantitative estimate of drug-likeness (QED) is 0.741. The number of aliphatic hydroxyl groups is 1. The van der Waals surface area contributed by atoms with Crippen molar-refractivity contribution in [3.63, 3.8) is 0 Å². The number of nitrogens with zero attached hydrogens (tertiary/aromatic N) is 2. The number of rotatable bonds is 6. The Kier molecular flexibility index (Phi) is 5.60. The highest BCUT2D eigenvalue weighted by Gasteiger charge is 2.24.